The molecule has 5 nitrogen and oxygen atoms in total. The molecule has 0 aromatic heterocycles. The van der Waals surface area contributed by atoms with Crippen LogP contribution < -0.4 is 5.32 Å². The molecule has 2 N–H and O–H groups in total. The first-order valence-corrected chi connectivity index (χ1v) is 7.44. The minimum atomic E-state index is -5.06. The van der Waals surface area contributed by atoms with E-state index in [4.69, 9.17) is 10.4 Å². The highest BCUT2D eigenvalue weighted by Gasteiger charge is 2.37. The lowest BCUT2D eigenvalue weighted by Gasteiger charge is -2.17. The van der Waals surface area contributed by atoms with Gasteiger partial charge in [0.05, 0.1) is 23.6 Å². The maximum absolute atomic E-state index is 12.8. The summed E-state index contributed by atoms with van der Waals surface area (Å²) in [6, 6.07) is 0.966. The van der Waals surface area contributed by atoms with E-state index < -0.39 is 59.3 Å². The SMILES string of the molecule is C[C@H](C#N)C[C@H](NC(=O)Cc1cc(C(F)(F)F)cc(C(F)(F)F)c1)C(=O)O. The third-order valence-electron chi connectivity index (χ3n) is 3.46. The van der Waals surface area contributed by atoms with Crippen molar-refractivity contribution in [2.45, 2.75) is 38.2 Å². The van der Waals surface area contributed by atoms with Crippen molar-refractivity contribution in [3.05, 3.63) is 34.9 Å². The number of carboxylic acid groups (broad SMARTS) is 1. The van der Waals surface area contributed by atoms with Gasteiger partial charge in [-0.3, -0.25) is 4.79 Å². The number of benzene rings is 1. The van der Waals surface area contributed by atoms with E-state index in [2.05, 4.69) is 0 Å². The number of amides is 1. The van der Waals surface area contributed by atoms with Gasteiger partial charge in [0.1, 0.15) is 6.04 Å². The second-order valence-corrected chi connectivity index (χ2v) is 5.82. The normalized spacial score (nSPS) is 14.1. The number of hydrogen-bond donors (Lipinski definition) is 2. The summed E-state index contributed by atoms with van der Waals surface area (Å²) in [4.78, 5) is 23.0. The monoisotopic (exact) mass is 396 g/mol. The van der Waals surface area contributed by atoms with Crippen molar-refractivity contribution < 1.29 is 41.0 Å². The van der Waals surface area contributed by atoms with Gasteiger partial charge in [-0.15, -0.1) is 0 Å². The maximum Gasteiger partial charge on any atom is 0.416 e. The zero-order chi connectivity index (χ0) is 21.0. The van der Waals surface area contributed by atoms with Crippen LogP contribution in [-0.4, -0.2) is 23.0 Å². The van der Waals surface area contributed by atoms with Crippen LogP contribution in [0.15, 0.2) is 18.2 Å². The molecule has 0 saturated heterocycles. The largest absolute Gasteiger partial charge is 0.480 e. The number of hydrogen-bond acceptors (Lipinski definition) is 3. The highest BCUT2D eigenvalue weighted by atomic mass is 19.4. The number of nitrogens with one attached hydrogen (secondary N) is 1. The average molecular weight is 396 g/mol. The molecule has 0 unspecified atom stereocenters. The van der Waals surface area contributed by atoms with Gasteiger partial charge in [0, 0.05) is 5.92 Å². The number of rotatable bonds is 6. The number of aliphatic carboxylic acids is 1. The first kappa shape index (κ1) is 22.3. The molecule has 1 aromatic rings. The average Bonchev–Trinajstić information content (AvgIpc) is 2.51. The minimum Gasteiger partial charge on any atom is -0.480 e. The summed E-state index contributed by atoms with van der Waals surface area (Å²) in [7, 11) is 0. The first-order valence-electron chi connectivity index (χ1n) is 7.44. The van der Waals surface area contributed by atoms with Gasteiger partial charge in [0.15, 0.2) is 0 Å². The fourth-order valence-corrected chi connectivity index (χ4v) is 2.18. The molecule has 0 spiro atoms. The minimum absolute atomic E-state index is 0.0734. The Morgan fingerprint density at radius 1 is 1.11 bits per heavy atom. The summed E-state index contributed by atoms with van der Waals surface area (Å²) in [5.41, 5.74) is -3.73. The van der Waals surface area contributed by atoms with Crippen LogP contribution in [-0.2, 0) is 28.4 Å². The van der Waals surface area contributed by atoms with Crippen molar-refractivity contribution in [1.82, 2.24) is 5.32 Å². The standard InChI is InChI=1S/C16H14F6N2O3/c1-8(7-23)2-12(14(26)27)24-13(25)5-9-3-10(15(17,18)19)6-11(4-9)16(20,21)22/h3-4,6,8,12H,2,5H2,1H3,(H,24,25)(H,26,27)/t8-,12-/m0/s1. The van der Waals surface area contributed by atoms with Crippen LogP contribution in [0.25, 0.3) is 0 Å². The lowest BCUT2D eigenvalue weighted by Crippen LogP contribution is -2.42. The van der Waals surface area contributed by atoms with Gasteiger partial charge in [-0.1, -0.05) is 0 Å². The zero-order valence-corrected chi connectivity index (χ0v) is 13.8. The first-order chi connectivity index (χ1) is 12.2. The van der Waals surface area contributed by atoms with Gasteiger partial charge in [0.2, 0.25) is 5.91 Å². The van der Waals surface area contributed by atoms with E-state index in [9.17, 15) is 35.9 Å². The molecule has 0 radical (unpaired) electrons. The molecular formula is C16H14F6N2O3. The van der Waals surface area contributed by atoms with Crippen LogP contribution in [0.5, 0.6) is 0 Å². The van der Waals surface area contributed by atoms with E-state index in [1.807, 2.05) is 5.32 Å². The molecule has 0 saturated carbocycles. The lowest BCUT2D eigenvalue weighted by atomic mass is 10.0. The van der Waals surface area contributed by atoms with Crippen LogP contribution in [0.1, 0.15) is 30.0 Å². The number of nitriles is 1. The van der Waals surface area contributed by atoms with Crippen molar-refractivity contribution in [1.29, 1.82) is 5.26 Å². The summed E-state index contributed by atoms with van der Waals surface area (Å²) in [6.45, 7) is 1.39. The highest BCUT2D eigenvalue weighted by Crippen LogP contribution is 2.36. The quantitative estimate of drug-likeness (QED) is 0.722. The molecule has 1 amide bonds. The molecule has 0 heterocycles. The highest BCUT2D eigenvalue weighted by molar-refractivity contribution is 5.84. The van der Waals surface area contributed by atoms with Gasteiger partial charge in [-0.05, 0) is 37.1 Å². The maximum atomic E-state index is 12.8. The molecule has 0 aliphatic heterocycles. The topological polar surface area (TPSA) is 90.2 Å². The van der Waals surface area contributed by atoms with Crippen molar-refractivity contribution in [3.8, 4) is 6.07 Å². The van der Waals surface area contributed by atoms with Gasteiger partial charge in [-0.25, -0.2) is 4.79 Å². The lowest BCUT2D eigenvalue weighted by molar-refractivity contribution is -0.143. The van der Waals surface area contributed by atoms with Gasteiger partial charge >= 0.3 is 18.3 Å². The molecular weight excluding hydrogens is 382 g/mol. The molecule has 1 rings (SSSR count). The van der Waals surface area contributed by atoms with Crippen LogP contribution >= 0.6 is 0 Å². The molecule has 2 atom stereocenters. The predicted octanol–water partition coefficient (Wildman–Crippen LogP) is 3.39. The summed E-state index contributed by atoms with van der Waals surface area (Å²) in [5.74, 6) is -3.30. The van der Waals surface area contributed by atoms with E-state index in [-0.39, 0.29) is 12.5 Å². The second-order valence-electron chi connectivity index (χ2n) is 5.82. The Balaban J connectivity index is 3.07. The molecule has 1 aromatic carbocycles. The van der Waals surface area contributed by atoms with Gasteiger partial charge < -0.3 is 10.4 Å². The number of carboxylic acids is 1. The molecule has 0 fully saturated rings. The van der Waals surface area contributed by atoms with Crippen molar-refractivity contribution in [3.63, 3.8) is 0 Å². The zero-order valence-electron chi connectivity index (χ0n) is 13.8. The molecule has 27 heavy (non-hydrogen) atoms. The molecule has 11 heteroatoms. The summed E-state index contributed by atoms with van der Waals surface area (Å²) in [5, 5.41) is 19.7. The third kappa shape index (κ3) is 6.80. The summed E-state index contributed by atoms with van der Waals surface area (Å²) >= 11 is 0. The van der Waals surface area contributed by atoms with Crippen LogP contribution in [0, 0.1) is 17.2 Å². The van der Waals surface area contributed by atoms with Crippen molar-refractivity contribution in [2.75, 3.05) is 0 Å². The number of carbonyl (C=O) groups excluding carboxylic acids is 1. The van der Waals surface area contributed by atoms with E-state index >= 15 is 0 Å². The number of nitrogens with zero attached hydrogens (tertiary/aromatic N) is 1. The number of halogens is 6. The Morgan fingerprint density at radius 2 is 1.59 bits per heavy atom. The fourth-order valence-electron chi connectivity index (χ4n) is 2.18. The van der Waals surface area contributed by atoms with Crippen LogP contribution in [0.2, 0.25) is 0 Å². The smallest absolute Gasteiger partial charge is 0.416 e. The molecule has 0 aliphatic rings. The molecule has 0 bridgehead atoms. The van der Waals surface area contributed by atoms with E-state index in [0.29, 0.717) is 12.1 Å². The van der Waals surface area contributed by atoms with E-state index in [0.717, 1.165) is 0 Å². The number of carbonyl (C=O) groups is 2. The van der Waals surface area contributed by atoms with E-state index in [1.165, 1.54) is 6.92 Å². The molecule has 148 valence electrons. The van der Waals surface area contributed by atoms with Crippen LogP contribution in [0.3, 0.4) is 0 Å². The third-order valence-corrected chi connectivity index (χ3v) is 3.46. The van der Waals surface area contributed by atoms with E-state index in [1.54, 1.807) is 6.07 Å². The Labute approximate surface area is 149 Å². The predicted molar refractivity (Wildman–Crippen MR) is 79.1 cm³/mol. The second kappa shape index (κ2) is 8.28. The van der Waals surface area contributed by atoms with Gasteiger partial charge in [-0.2, -0.15) is 31.6 Å². The Hall–Kier alpha value is -2.77. The number of alkyl halides is 6. The van der Waals surface area contributed by atoms with Crippen molar-refractivity contribution in [2.24, 2.45) is 5.92 Å². The van der Waals surface area contributed by atoms with Crippen LogP contribution in [0.4, 0.5) is 26.3 Å². The molecule has 0 aliphatic carbocycles. The Bertz CT molecular complexity index is 720. The summed E-state index contributed by atoms with van der Waals surface area (Å²) < 4.78 is 76.8. The summed E-state index contributed by atoms with van der Waals surface area (Å²) in [6.07, 6.45) is -11.3. The Morgan fingerprint density at radius 3 is 1.96 bits per heavy atom. The van der Waals surface area contributed by atoms with Gasteiger partial charge in [0.25, 0.3) is 0 Å². The Kier molecular flexibility index (Phi) is 6.83. The van der Waals surface area contributed by atoms with Crippen molar-refractivity contribution >= 4 is 11.9 Å². The fraction of sp³-hybridized carbons (Fsp3) is 0.438.